The van der Waals surface area contributed by atoms with Crippen LogP contribution in [0.15, 0.2) is 51.8 Å². The third kappa shape index (κ3) is 4.70. The summed E-state index contributed by atoms with van der Waals surface area (Å²) in [6.07, 6.45) is -7.81. The van der Waals surface area contributed by atoms with Crippen molar-refractivity contribution in [3.8, 4) is 22.8 Å². The fraction of sp³-hybridized carbons (Fsp3) is 0.200. The van der Waals surface area contributed by atoms with Gasteiger partial charge in [0.05, 0.1) is 12.1 Å². The Bertz CT molecular complexity index is 1380. The number of nitrogens with zero attached hydrogens (tertiary/aromatic N) is 5. The zero-order chi connectivity index (χ0) is 24.6. The van der Waals surface area contributed by atoms with Gasteiger partial charge in [-0.25, -0.2) is 18.3 Å². The first-order valence-electron chi connectivity index (χ1n) is 9.50. The number of aromatic nitrogens is 5. The van der Waals surface area contributed by atoms with Crippen LogP contribution in [0, 0.1) is 11.6 Å². The molecule has 0 saturated carbocycles. The average molecular weight is 502 g/mol. The van der Waals surface area contributed by atoms with E-state index in [4.69, 9.17) is 16.1 Å². The molecule has 0 saturated heterocycles. The van der Waals surface area contributed by atoms with Gasteiger partial charge in [-0.2, -0.15) is 18.2 Å². The molecule has 1 atom stereocenters. The van der Waals surface area contributed by atoms with Gasteiger partial charge in [0.2, 0.25) is 11.7 Å². The standard InChI is InChI=1S/C20H13ClF5N5O3/c21-11-6-4-10(5-7-11)18-28-31(19(33)30(18)8-14(32)20(24,25)26)9-15-27-17(29-34-15)12-2-1-3-13(22)16(12)23/h1-7,14,32H,8-9H2/t14-/m0/s1. The van der Waals surface area contributed by atoms with Gasteiger partial charge >= 0.3 is 11.9 Å². The largest absolute Gasteiger partial charge is 0.416 e. The Balaban J connectivity index is 1.71. The maximum Gasteiger partial charge on any atom is 0.416 e. The Morgan fingerprint density at radius 1 is 1.12 bits per heavy atom. The molecule has 178 valence electrons. The van der Waals surface area contributed by atoms with Gasteiger partial charge in [0.1, 0.15) is 6.54 Å². The number of aliphatic hydroxyl groups is 1. The average Bonchev–Trinajstić information content (AvgIpc) is 3.36. The highest BCUT2D eigenvalue weighted by Crippen LogP contribution is 2.25. The minimum atomic E-state index is -4.98. The van der Waals surface area contributed by atoms with Crippen LogP contribution in [-0.2, 0) is 13.1 Å². The first-order valence-corrected chi connectivity index (χ1v) is 9.87. The molecule has 0 radical (unpaired) electrons. The Morgan fingerprint density at radius 2 is 1.82 bits per heavy atom. The smallest absolute Gasteiger partial charge is 0.382 e. The van der Waals surface area contributed by atoms with Gasteiger partial charge in [0.15, 0.2) is 23.6 Å². The van der Waals surface area contributed by atoms with Crippen molar-refractivity contribution in [3.05, 3.63) is 75.5 Å². The molecule has 8 nitrogen and oxygen atoms in total. The lowest BCUT2D eigenvalue weighted by atomic mass is 10.2. The van der Waals surface area contributed by atoms with Gasteiger partial charge in [-0.3, -0.25) is 4.57 Å². The van der Waals surface area contributed by atoms with Crippen molar-refractivity contribution in [2.24, 2.45) is 0 Å². The third-order valence-electron chi connectivity index (χ3n) is 4.70. The van der Waals surface area contributed by atoms with E-state index in [9.17, 15) is 31.9 Å². The monoisotopic (exact) mass is 501 g/mol. The van der Waals surface area contributed by atoms with Crippen molar-refractivity contribution in [1.82, 2.24) is 24.5 Å². The highest BCUT2D eigenvalue weighted by molar-refractivity contribution is 6.30. The highest BCUT2D eigenvalue weighted by Gasteiger charge is 2.39. The van der Waals surface area contributed by atoms with E-state index in [0.717, 1.165) is 10.7 Å². The summed E-state index contributed by atoms with van der Waals surface area (Å²) in [6, 6.07) is 9.11. The third-order valence-corrected chi connectivity index (χ3v) is 4.96. The van der Waals surface area contributed by atoms with Crippen molar-refractivity contribution in [1.29, 1.82) is 0 Å². The number of benzene rings is 2. The number of rotatable bonds is 6. The second-order valence-electron chi connectivity index (χ2n) is 7.05. The maximum atomic E-state index is 14.0. The number of alkyl halides is 3. The van der Waals surface area contributed by atoms with Crippen LogP contribution >= 0.6 is 11.6 Å². The van der Waals surface area contributed by atoms with Crippen LogP contribution in [0.5, 0.6) is 0 Å². The number of aliphatic hydroxyl groups excluding tert-OH is 1. The summed E-state index contributed by atoms with van der Waals surface area (Å²) in [5.41, 5.74) is -1.05. The van der Waals surface area contributed by atoms with E-state index in [2.05, 4.69) is 15.2 Å². The first-order chi connectivity index (χ1) is 16.0. The minimum Gasteiger partial charge on any atom is -0.382 e. The summed E-state index contributed by atoms with van der Waals surface area (Å²) < 4.78 is 72.6. The number of halogens is 6. The van der Waals surface area contributed by atoms with Gasteiger partial charge in [0, 0.05) is 10.6 Å². The lowest BCUT2D eigenvalue weighted by Crippen LogP contribution is -2.37. The second kappa shape index (κ2) is 8.99. The van der Waals surface area contributed by atoms with Crippen molar-refractivity contribution in [3.63, 3.8) is 0 Å². The van der Waals surface area contributed by atoms with Crippen LogP contribution in [0.25, 0.3) is 22.8 Å². The van der Waals surface area contributed by atoms with Crippen molar-refractivity contribution in [2.45, 2.75) is 25.4 Å². The second-order valence-corrected chi connectivity index (χ2v) is 7.49. The van der Waals surface area contributed by atoms with E-state index < -0.39 is 42.7 Å². The fourth-order valence-electron chi connectivity index (χ4n) is 3.03. The van der Waals surface area contributed by atoms with Crippen LogP contribution < -0.4 is 5.69 Å². The van der Waals surface area contributed by atoms with E-state index in [1.807, 2.05) is 0 Å². The summed E-state index contributed by atoms with van der Waals surface area (Å²) in [5, 5.41) is 17.4. The molecular formula is C20H13ClF5N5O3. The zero-order valence-corrected chi connectivity index (χ0v) is 17.6. The quantitative estimate of drug-likeness (QED) is 0.405. The van der Waals surface area contributed by atoms with Gasteiger partial charge in [-0.15, -0.1) is 5.10 Å². The Morgan fingerprint density at radius 3 is 2.50 bits per heavy atom. The molecule has 0 aliphatic carbocycles. The Kier molecular flexibility index (Phi) is 6.23. The summed E-state index contributed by atoms with van der Waals surface area (Å²) in [4.78, 5) is 16.7. The van der Waals surface area contributed by atoms with Gasteiger partial charge < -0.3 is 9.63 Å². The minimum absolute atomic E-state index is 0.180. The summed E-state index contributed by atoms with van der Waals surface area (Å²) in [6.45, 7) is -1.61. The van der Waals surface area contributed by atoms with E-state index in [1.165, 1.54) is 36.4 Å². The van der Waals surface area contributed by atoms with Crippen molar-refractivity contribution in [2.75, 3.05) is 0 Å². The Hall–Kier alpha value is -3.58. The first kappa shape index (κ1) is 23.6. The van der Waals surface area contributed by atoms with Crippen LogP contribution in [0.1, 0.15) is 5.89 Å². The van der Waals surface area contributed by atoms with E-state index in [0.29, 0.717) is 9.59 Å². The SMILES string of the molecule is O=c1n(Cc2nc(-c3cccc(F)c3F)no2)nc(-c2ccc(Cl)cc2)n1C[C@H](O)C(F)(F)F. The molecule has 0 amide bonds. The van der Waals surface area contributed by atoms with E-state index in [1.54, 1.807) is 0 Å². The molecule has 4 aromatic rings. The predicted molar refractivity (Wildman–Crippen MR) is 108 cm³/mol. The van der Waals surface area contributed by atoms with Crippen LogP contribution in [0.3, 0.4) is 0 Å². The highest BCUT2D eigenvalue weighted by atomic mass is 35.5. The molecule has 14 heteroatoms. The molecule has 0 aliphatic rings. The topological polar surface area (TPSA) is 99.0 Å². The number of hydrogen-bond donors (Lipinski definition) is 1. The van der Waals surface area contributed by atoms with E-state index in [-0.39, 0.29) is 28.7 Å². The van der Waals surface area contributed by atoms with E-state index >= 15 is 0 Å². The molecule has 4 rings (SSSR count). The number of hydrogen-bond acceptors (Lipinski definition) is 6. The molecule has 0 bridgehead atoms. The lowest BCUT2D eigenvalue weighted by molar-refractivity contribution is -0.207. The molecule has 0 spiro atoms. The van der Waals surface area contributed by atoms with Gasteiger partial charge in [-0.05, 0) is 36.4 Å². The molecule has 2 heterocycles. The van der Waals surface area contributed by atoms with Gasteiger partial charge in [0.25, 0.3) is 0 Å². The van der Waals surface area contributed by atoms with Crippen molar-refractivity contribution < 1.29 is 31.6 Å². The Labute approximate surface area is 191 Å². The fourth-order valence-corrected chi connectivity index (χ4v) is 3.16. The maximum absolute atomic E-state index is 14.0. The molecule has 0 aliphatic heterocycles. The molecule has 0 fully saturated rings. The van der Waals surface area contributed by atoms with Crippen molar-refractivity contribution >= 4 is 11.6 Å². The lowest BCUT2D eigenvalue weighted by Gasteiger charge is -2.15. The van der Waals surface area contributed by atoms with Gasteiger partial charge in [-0.1, -0.05) is 22.8 Å². The molecule has 34 heavy (non-hydrogen) atoms. The predicted octanol–water partition coefficient (Wildman–Crippen LogP) is 3.66. The molecular weight excluding hydrogens is 489 g/mol. The van der Waals surface area contributed by atoms with Crippen LogP contribution in [0.4, 0.5) is 22.0 Å². The molecule has 1 N–H and O–H groups in total. The zero-order valence-electron chi connectivity index (χ0n) is 16.8. The molecule has 2 aromatic carbocycles. The molecule has 2 aromatic heterocycles. The summed E-state index contributed by atoms with van der Waals surface area (Å²) >= 11 is 5.84. The normalized spacial score (nSPS) is 12.8. The van der Waals surface area contributed by atoms with Crippen LogP contribution in [-0.4, -0.2) is 41.9 Å². The summed E-state index contributed by atoms with van der Waals surface area (Å²) in [5.74, 6) is -3.06. The summed E-state index contributed by atoms with van der Waals surface area (Å²) in [7, 11) is 0. The van der Waals surface area contributed by atoms with Crippen LogP contribution in [0.2, 0.25) is 5.02 Å². The molecule has 0 unspecified atom stereocenters.